The van der Waals surface area contributed by atoms with E-state index < -0.39 is 9.84 Å². The third-order valence-corrected chi connectivity index (χ3v) is 3.84. The predicted octanol–water partition coefficient (Wildman–Crippen LogP) is 0.716. The molecule has 0 aromatic carbocycles. The number of hydrogen-bond donors (Lipinski definition) is 2. The molecule has 8 nitrogen and oxygen atoms in total. The molecule has 0 saturated carbocycles. The van der Waals surface area contributed by atoms with Crippen LogP contribution < -0.4 is 11.1 Å². The molecule has 21 heavy (non-hydrogen) atoms. The minimum Gasteiger partial charge on any atom is -0.382 e. The number of nitrogens with zero attached hydrogens (tertiary/aromatic N) is 4. The summed E-state index contributed by atoms with van der Waals surface area (Å²) in [5.74, 6) is 0.941. The molecule has 0 unspecified atom stereocenters. The summed E-state index contributed by atoms with van der Waals surface area (Å²) in [6.45, 7) is 4.60. The van der Waals surface area contributed by atoms with Gasteiger partial charge in [-0.15, -0.1) is 10.2 Å². The van der Waals surface area contributed by atoms with Crippen molar-refractivity contribution in [2.24, 2.45) is 5.92 Å². The van der Waals surface area contributed by atoms with Gasteiger partial charge in [0.25, 0.3) is 0 Å². The summed E-state index contributed by atoms with van der Waals surface area (Å²) >= 11 is 0. The fraction of sp³-hybridized carbons (Fsp3) is 0.417. The predicted molar refractivity (Wildman–Crippen MR) is 80.0 cm³/mol. The second kappa shape index (κ2) is 5.68. The van der Waals surface area contributed by atoms with Gasteiger partial charge in [-0.05, 0) is 18.1 Å². The van der Waals surface area contributed by atoms with Crippen LogP contribution in [0, 0.1) is 5.92 Å². The summed E-state index contributed by atoms with van der Waals surface area (Å²) in [4.78, 5) is -0.0196. The van der Waals surface area contributed by atoms with Crippen molar-refractivity contribution in [3.05, 3.63) is 18.3 Å². The van der Waals surface area contributed by atoms with Crippen molar-refractivity contribution < 1.29 is 8.42 Å². The molecular formula is C12H18N6O2S. The monoisotopic (exact) mass is 310 g/mol. The molecule has 3 N–H and O–H groups in total. The number of nitrogens with one attached hydrogen (secondary N) is 1. The Balaban J connectivity index is 2.55. The maximum atomic E-state index is 12.0. The van der Waals surface area contributed by atoms with E-state index in [1.807, 2.05) is 13.8 Å². The van der Waals surface area contributed by atoms with Crippen LogP contribution >= 0.6 is 0 Å². The van der Waals surface area contributed by atoms with Gasteiger partial charge in [-0.1, -0.05) is 13.8 Å². The zero-order valence-corrected chi connectivity index (χ0v) is 12.9. The number of sulfone groups is 1. The first-order valence-corrected chi connectivity index (χ1v) is 8.30. The van der Waals surface area contributed by atoms with E-state index in [0.717, 1.165) is 6.26 Å². The first kappa shape index (κ1) is 15.2. The molecule has 0 spiro atoms. The highest BCUT2D eigenvalue weighted by Crippen LogP contribution is 2.28. The third kappa shape index (κ3) is 3.30. The van der Waals surface area contributed by atoms with Gasteiger partial charge < -0.3 is 11.1 Å². The van der Waals surface area contributed by atoms with Crippen molar-refractivity contribution in [1.29, 1.82) is 0 Å². The van der Waals surface area contributed by atoms with Gasteiger partial charge in [0.1, 0.15) is 5.82 Å². The Hall–Kier alpha value is -2.16. The molecule has 0 bridgehead atoms. The maximum absolute atomic E-state index is 12.0. The van der Waals surface area contributed by atoms with Crippen molar-refractivity contribution in [3.63, 3.8) is 0 Å². The van der Waals surface area contributed by atoms with Gasteiger partial charge in [0.2, 0.25) is 0 Å². The van der Waals surface area contributed by atoms with Crippen LogP contribution in [-0.2, 0) is 9.84 Å². The van der Waals surface area contributed by atoms with Crippen LogP contribution in [0.5, 0.6) is 0 Å². The lowest BCUT2D eigenvalue weighted by Crippen LogP contribution is -2.11. The minimum atomic E-state index is -3.52. The lowest BCUT2D eigenvalue weighted by atomic mass is 10.2. The van der Waals surface area contributed by atoms with E-state index in [2.05, 4.69) is 20.6 Å². The standard InChI is InChI=1S/C12H18N6O2S/c1-8(2)7-14-12-10(21(3,19)20)11(13)18(17-12)9-5-4-6-15-16-9/h4-6,8H,7,13H2,1-3H3,(H,14,17). The second-order valence-electron chi connectivity index (χ2n) is 5.10. The van der Waals surface area contributed by atoms with E-state index >= 15 is 0 Å². The van der Waals surface area contributed by atoms with Gasteiger partial charge in [-0.25, -0.2) is 8.42 Å². The van der Waals surface area contributed by atoms with E-state index in [1.165, 1.54) is 10.9 Å². The molecule has 0 radical (unpaired) electrons. The topological polar surface area (TPSA) is 116 Å². The third-order valence-electron chi connectivity index (χ3n) is 2.70. The Kier molecular flexibility index (Phi) is 4.12. The smallest absolute Gasteiger partial charge is 0.182 e. The number of anilines is 2. The zero-order chi connectivity index (χ0) is 15.6. The SMILES string of the molecule is CC(C)CNc1nn(-c2cccnn2)c(N)c1S(C)(=O)=O. The number of aromatic nitrogens is 4. The van der Waals surface area contributed by atoms with Crippen LogP contribution in [0.25, 0.3) is 5.82 Å². The van der Waals surface area contributed by atoms with Gasteiger partial charge in [-0.3, -0.25) is 0 Å². The van der Waals surface area contributed by atoms with Crippen molar-refractivity contribution in [2.45, 2.75) is 18.7 Å². The van der Waals surface area contributed by atoms with Gasteiger partial charge >= 0.3 is 0 Å². The normalized spacial score (nSPS) is 11.8. The molecule has 114 valence electrons. The van der Waals surface area contributed by atoms with Crippen LogP contribution in [0.15, 0.2) is 23.2 Å². The molecule has 0 aliphatic heterocycles. The van der Waals surface area contributed by atoms with Crippen molar-refractivity contribution in [1.82, 2.24) is 20.0 Å². The van der Waals surface area contributed by atoms with Gasteiger partial charge in [0.15, 0.2) is 26.4 Å². The molecule has 0 fully saturated rings. The Morgan fingerprint density at radius 2 is 2.14 bits per heavy atom. The van der Waals surface area contributed by atoms with Gasteiger partial charge in [-0.2, -0.15) is 9.78 Å². The summed E-state index contributed by atoms with van der Waals surface area (Å²) in [5.41, 5.74) is 5.94. The lowest BCUT2D eigenvalue weighted by molar-refractivity contribution is 0.602. The number of nitrogens with two attached hydrogens (primary N) is 1. The van der Waals surface area contributed by atoms with Gasteiger partial charge in [0.05, 0.1) is 0 Å². The fourth-order valence-corrected chi connectivity index (χ4v) is 2.71. The second-order valence-corrected chi connectivity index (χ2v) is 7.06. The van der Waals surface area contributed by atoms with E-state index in [0.29, 0.717) is 18.3 Å². The number of rotatable bonds is 5. The highest BCUT2D eigenvalue weighted by Gasteiger charge is 2.25. The molecule has 0 aliphatic carbocycles. The van der Waals surface area contributed by atoms with Crippen LogP contribution in [0.4, 0.5) is 11.6 Å². The Labute approximate surface area is 123 Å². The molecule has 9 heteroatoms. The number of hydrogen-bond acceptors (Lipinski definition) is 7. The van der Waals surface area contributed by atoms with E-state index in [9.17, 15) is 8.42 Å². The van der Waals surface area contributed by atoms with Crippen molar-refractivity contribution >= 4 is 21.5 Å². The molecule has 0 atom stereocenters. The first-order valence-electron chi connectivity index (χ1n) is 6.41. The minimum absolute atomic E-state index is 0.0178. The average molecular weight is 310 g/mol. The lowest BCUT2D eigenvalue weighted by Gasteiger charge is -2.07. The zero-order valence-electron chi connectivity index (χ0n) is 12.1. The number of nitrogen functional groups attached to an aromatic ring is 1. The molecule has 2 rings (SSSR count). The molecule has 0 saturated heterocycles. The molecule has 0 aliphatic rings. The largest absolute Gasteiger partial charge is 0.382 e. The van der Waals surface area contributed by atoms with Crippen LogP contribution in [0.3, 0.4) is 0 Å². The van der Waals surface area contributed by atoms with E-state index in [-0.39, 0.29) is 16.5 Å². The summed E-state index contributed by atoms with van der Waals surface area (Å²) < 4.78 is 25.2. The first-order chi connectivity index (χ1) is 9.80. The van der Waals surface area contributed by atoms with E-state index in [4.69, 9.17) is 5.73 Å². The highest BCUT2D eigenvalue weighted by atomic mass is 32.2. The van der Waals surface area contributed by atoms with E-state index in [1.54, 1.807) is 12.1 Å². The fourth-order valence-electron chi connectivity index (χ4n) is 1.78. The Morgan fingerprint density at radius 3 is 2.67 bits per heavy atom. The molecule has 2 aromatic heterocycles. The Bertz CT molecular complexity index is 724. The Morgan fingerprint density at radius 1 is 1.43 bits per heavy atom. The molecule has 0 amide bonds. The summed E-state index contributed by atoms with van der Waals surface area (Å²) in [6, 6.07) is 3.32. The molecule has 2 heterocycles. The summed E-state index contributed by atoms with van der Waals surface area (Å²) in [6.07, 6.45) is 2.61. The average Bonchev–Trinajstić information content (AvgIpc) is 2.74. The van der Waals surface area contributed by atoms with Crippen molar-refractivity contribution in [3.8, 4) is 5.82 Å². The highest BCUT2D eigenvalue weighted by molar-refractivity contribution is 7.91. The maximum Gasteiger partial charge on any atom is 0.182 e. The van der Waals surface area contributed by atoms with Crippen molar-refractivity contribution in [2.75, 3.05) is 23.9 Å². The van der Waals surface area contributed by atoms with Crippen LogP contribution in [0.1, 0.15) is 13.8 Å². The van der Waals surface area contributed by atoms with Crippen LogP contribution in [-0.4, -0.2) is 41.2 Å². The quantitative estimate of drug-likeness (QED) is 0.835. The summed E-state index contributed by atoms with van der Waals surface area (Å²) in [7, 11) is -3.52. The summed E-state index contributed by atoms with van der Waals surface area (Å²) in [5, 5.41) is 14.9. The van der Waals surface area contributed by atoms with Gasteiger partial charge in [0, 0.05) is 19.0 Å². The molecule has 2 aromatic rings. The molecular weight excluding hydrogens is 292 g/mol. The van der Waals surface area contributed by atoms with Crippen LogP contribution in [0.2, 0.25) is 0 Å².